The van der Waals surface area contributed by atoms with Gasteiger partial charge in [0.2, 0.25) is 5.91 Å². The lowest BCUT2D eigenvalue weighted by Gasteiger charge is -2.22. The Bertz CT molecular complexity index is 223. The Morgan fingerprint density at radius 3 is 2.60 bits per heavy atom. The molecule has 1 aliphatic rings. The minimum Gasteiger partial charge on any atom is -0.379 e. The molecule has 15 heavy (non-hydrogen) atoms. The lowest BCUT2D eigenvalue weighted by molar-refractivity contribution is -0.125. The van der Waals surface area contributed by atoms with Crippen molar-refractivity contribution >= 4 is 5.91 Å². The third-order valence-electron chi connectivity index (χ3n) is 2.58. The topological polar surface area (TPSA) is 50.4 Å². The fourth-order valence-corrected chi connectivity index (χ4v) is 1.58. The van der Waals surface area contributed by atoms with Crippen molar-refractivity contribution < 1.29 is 9.53 Å². The van der Waals surface area contributed by atoms with E-state index < -0.39 is 0 Å². The second kappa shape index (κ2) is 4.94. The van der Waals surface area contributed by atoms with E-state index in [1.54, 1.807) is 0 Å². The van der Waals surface area contributed by atoms with E-state index in [0.29, 0.717) is 19.8 Å². The van der Waals surface area contributed by atoms with Crippen LogP contribution in [-0.4, -0.2) is 38.8 Å². The van der Waals surface area contributed by atoms with Crippen molar-refractivity contribution in [3.63, 3.8) is 0 Å². The van der Waals surface area contributed by atoms with Crippen molar-refractivity contribution in [1.29, 1.82) is 0 Å². The maximum absolute atomic E-state index is 11.8. The molecule has 0 radical (unpaired) electrons. The summed E-state index contributed by atoms with van der Waals surface area (Å²) in [5, 5.41) is 6.08. The predicted molar refractivity (Wildman–Crippen MR) is 59.6 cm³/mol. The molecule has 0 aromatic carbocycles. The summed E-state index contributed by atoms with van der Waals surface area (Å²) >= 11 is 0. The van der Waals surface area contributed by atoms with Crippen LogP contribution in [0.25, 0.3) is 0 Å². The quantitative estimate of drug-likeness (QED) is 0.714. The molecular weight excluding hydrogens is 192 g/mol. The van der Waals surface area contributed by atoms with Crippen LogP contribution in [0.1, 0.15) is 20.8 Å². The van der Waals surface area contributed by atoms with Crippen LogP contribution < -0.4 is 10.6 Å². The molecule has 4 heteroatoms. The van der Waals surface area contributed by atoms with Crippen LogP contribution in [0.15, 0.2) is 0 Å². The zero-order valence-electron chi connectivity index (χ0n) is 10.1. The van der Waals surface area contributed by atoms with Crippen LogP contribution in [0.3, 0.4) is 0 Å². The summed E-state index contributed by atoms with van der Waals surface area (Å²) in [5.74, 6) is 0.0547. The largest absolute Gasteiger partial charge is 0.379 e. The Morgan fingerprint density at radius 2 is 2.07 bits per heavy atom. The van der Waals surface area contributed by atoms with Gasteiger partial charge in [-0.25, -0.2) is 0 Å². The number of rotatable bonds is 3. The molecule has 1 aliphatic heterocycles. The first kappa shape index (κ1) is 12.5. The molecule has 1 amide bonds. The number of hydrogen-bond donors (Lipinski definition) is 2. The maximum Gasteiger partial charge on any atom is 0.227 e. The highest BCUT2D eigenvalue weighted by molar-refractivity contribution is 5.79. The van der Waals surface area contributed by atoms with Gasteiger partial charge in [-0.05, 0) is 12.5 Å². The first-order valence-electron chi connectivity index (χ1n) is 5.47. The molecule has 2 unspecified atom stereocenters. The average molecular weight is 214 g/mol. The third kappa shape index (κ3) is 3.80. The minimum atomic E-state index is -0.0441. The average Bonchev–Trinajstić information content (AvgIpc) is 2.60. The molecule has 0 aliphatic carbocycles. The number of hydrogen-bond acceptors (Lipinski definition) is 3. The van der Waals surface area contributed by atoms with Crippen LogP contribution >= 0.6 is 0 Å². The number of carbonyl (C=O) groups excluding carboxylic acids is 1. The fourth-order valence-electron chi connectivity index (χ4n) is 1.58. The monoisotopic (exact) mass is 214 g/mol. The zero-order valence-corrected chi connectivity index (χ0v) is 10.1. The Hall–Kier alpha value is -0.610. The molecule has 88 valence electrons. The van der Waals surface area contributed by atoms with Gasteiger partial charge in [0.05, 0.1) is 19.1 Å². The second-order valence-corrected chi connectivity index (χ2v) is 5.32. The Balaban J connectivity index is 2.40. The Morgan fingerprint density at radius 1 is 1.40 bits per heavy atom. The molecule has 1 heterocycles. The number of amides is 1. The molecule has 0 spiro atoms. The predicted octanol–water partition coefficient (Wildman–Crippen LogP) is 0.383. The van der Waals surface area contributed by atoms with Gasteiger partial charge in [-0.1, -0.05) is 20.8 Å². The molecule has 0 bridgehead atoms. The Kier molecular flexibility index (Phi) is 4.11. The molecule has 4 nitrogen and oxygen atoms in total. The van der Waals surface area contributed by atoms with Crippen LogP contribution in [0, 0.1) is 11.3 Å². The summed E-state index contributed by atoms with van der Waals surface area (Å²) in [5.41, 5.74) is 0.129. The van der Waals surface area contributed by atoms with Crippen LogP contribution in [0.4, 0.5) is 0 Å². The molecular formula is C11H22N2O2. The van der Waals surface area contributed by atoms with Crippen molar-refractivity contribution in [1.82, 2.24) is 10.6 Å². The van der Waals surface area contributed by atoms with E-state index in [-0.39, 0.29) is 23.3 Å². The standard InChI is InChI=1S/C11H22N2O2/c1-11(2,3)7-13-10(14)8-5-15-6-9(8)12-4/h8-9,12H,5-7H2,1-4H3,(H,13,14). The number of nitrogens with one attached hydrogen (secondary N) is 2. The molecule has 0 aromatic heterocycles. The highest BCUT2D eigenvalue weighted by Gasteiger charge is 2.33. The molecule has 2 atom stereocenters. The van der Waals surface area contributed by atoms with E-state index in [2.05, 4.69) is 31.4 Å². The van der Waals surface area contributed by atoms with E-state index in [9.17, 15) is 4.79 Å². The summed E-state index contributed by atoms with van der Waals surface area (Å²) in [4.78, 5) is 11.8. The fraction of sp³-hybridized carbons (Fsp3) is 0.909. The third-order valence-corrected chi connectivity index (χ3v) is 2.58. The van der Waals surface area contributed by atoms with Crippen molar-refractivity contribution in [2.45, 2.75) is 26.8 Å². The van der Waals surface area contributed by atoms with Crippen LogP contribution in [-0.2, 0) is 9.53 Å². The van der Waals surface area contributed by atoms with Gasteiger partial charge in [-0.2, -0.15) is 0 Å². The van der Waals surface area contributed by atoms with Gasteiger partial charge >= 0.3 is 0 Å². The van der Waals surface area contributed by atoms with Gasteiger partial charge in [-0.15, -0.1) is 0 Å². The summed E-state index contributed by atoms with van der Waals surface area (Å²) in [6.45, 7) is 8.18. The first-order valence-corrected chi connectivity index (χ1v) is 5.47. The molecule has 0 saturated carbocycles. The Labute approximate surface area is 91.8 Å². The molecule has 1 saturated heterocycles. The lowest BCUT2D eigenvalue weighted by Crippen LogP contribution is -2.44. The smallest absolute Gasteiger partial charge is 0.227 e. The van der Waals surface area contributed by atoms with Crippen LogP contribution in [0.5, 0.6) is 0 Å². The van der Waals surface area contributed by atoms with Crippen molar-refractivity contribution in [2.24, 2.45) is 11.3 Å². The number of carbonyl (C=O) groups is 1. The summed E-state index contributed by atoms with van der Waals surface area (Å²) in [6, 6.07) is 0.157. The van der Waals surface area contributed by atoms with Gasteiger partial charge in [0.15, 0.2) is 0 Å². The SMILES string of the molecule is CNC1COCC1C(=O)NCC(C)(C)C. The van der Waals surface area contributed by atoms with E-state index in [1.165, 1.54) is 0 Å². The van der Waals surface area contributed by atoms with Crippen molar-refractivity contribution in [3.05, 3.63) is 0 Å². The number of ether oxygens (including phenoxy) is 1. The van der Waals surface area contributed by atoms with Gasteiger partial charge in [-0.3, -0.25) is 4.79 Å². The van der Waals surface area contributed by atoms with Gasteiger partial charge in [0, 0.05) is 12.6 Å². The molecule has 0 aromatic rings. The zero-order chi connectivity index (χ0) is 11.5. The van der Waals surface area contributed by atoms with Crippen molar-refractivity contribution in [3.8, 4) is 0 Å². The highest BCUT2D eigenvalue weighted by Crippen LogP contribution is 2.15. The second-order valence-electron chi connectivity index (χ2n) is 5.32. The molecule has 1 rings (SSSR count). The van der Waals surface area contributed by atoms with E-state index in [0.717, 1.165) is 0 Å². The summed E-state index contributed by atoms with van der Waals surface area (Å²) < 4.78 is 5.29. The summed E-state index contributed by atoms with van der Waals surface area (Å²) in [6.07, 6.45) is 0. The van der Waals surface area contributed by atoms with Gasteiger partial charge in [0.25, 0.3) is 0 Å². The normalized spacial score (nSPS) is 26.7. The molecule has 1 fully saturated rings. The van der Waals surface area contributed by atoms with Gasteiger partial charge < -0.3 is 15.4 Å². The highest BCUT2D eigenvalue weighted by atomic mass is 16.5. The molecule has 2 N–H and O–H groups in total. The minimum absolute atomic E-state index is 0.0441. The van der Waals surface area contributed by atoms with E-state index in [4.69, 9.17) is 4.74 Å². The van der Waals surface area contributed by atoms with Gasteiger partial charge in [0.1, 0.15) is 0 Å². The first-order chi connectivity index (χ1) is 6.94. The van der Waals surface area contributed by atoms with E-state index >= 15 is 0 Å². The lowest BCUT2D eigenvalue weighted by atomic mass is 9.96. The van der Waals surface area contributed by atoms with E-state index in [1.807, 2.05) is 7.05 Å². The summed E-state index contributed by atoms with van der Waals surface area (Å²) in [7, 11) is 1.86. The van der Waals surface area contributed by atoms with Crippen LogP contribution in [0.2, 0.25) is 0 Å². The maximum atomic E-state index is 11.8. The van der Waals surface area contributed by atoms with Crippen molar-refractivity contribution in [2.75, 3.05) is 26.8 Å². The number of likely N-dealkylation sites (N-methyl/N-ethyl adjacent to an activating group) is 1.